The van der Waals surface area contributed by atoms with E-state index in [-0.39, 0.29) is 19.0 Å². The second-order valence-corrected chi connectivity index (χ2v) is 3.34. The topological polar surface area (TPSA) is 123 Å². The lowest BCUT2D eigenvalue weighted by Gasteiger charge is -2.11. The van der Waals surface area contributed by atoms with E-state index >= 15 is 0 Å². The Bertz CT molecular complexity index is 455. The standard InChI is InChI=1S/C9H14N6O3/c1-8(15(17)18)13(3-2-10)6-9-7-14(4-5-16)12-11-9/h2-3,7,16H,1,4-6,10H2/b3-2-. The van der Waals surface area contributed by atoms with E-state index in [2.05, 4.69) is 16.9 Å². The fourth-order valence-corrected chi connectivity index (χ4v) is 1.24. The Labute approximate surface area is 103 Å². The van der Waals surface area contributed by atoms with Gasteiger partial charge in [-0.25, -0.2) is 9.58 Å². The van der Waals surface area contributed by atoms with Crippen molar-refractivity contribution in [2.45, 2.75) is 13.1 Å². The summed E-state index contributed by atoms with van der Waals surface area (Å²) in [4.78, 5) is 11.3. The van der Waals surface area contributed by atoms with Gasteiger partial charge >= 0.3 is 5.82 Å². The van der Waals surface area contributed by atoms with Crippen LogP contribution in [0.2, 0.25) is 0 Å². The molecular weight excluding hydrogens is 240 g/mol. The van der Waals surface area contributed by atoms with E-state index in [1.165, 1.54) is 22.0 Å². The van der Waals surface area contributed by atoms with Crippen molar-refractivity contribution in [1.82, 2.24) is 19.9 Å². The fourth-order valence-electron chi connectivity index (χ4n) is 1.24. The van der Waals surface area contributed by atoms with E-state index in [1.807, 2.05) is 0 Å². The van der Waals surface area contributed by atoms with Crippen LogP contribution >= 0.6 is 0 Å². The lowest BCUT2D eigenvalue weighted by atomic mass is 10.4. The molecule has 1 aromatic rings. The molecule has 0 saturated heterocycles. The first-order valence-corrected chi connectivity index (χ1v) is 5.06. The fraction of sp³-hybridized carbons (Fsp3) is 0.333. The molecule has 0 aliphatic carbocycles. The molecule has 0 saturated carbocycles. The Morgan fingerprint density at radius 1 is 1.78 bits per heavy atom. The van der Waals surface area contributed by atoms with Crippen molar-refractivity contribution in [2.24, 2.45) is 5.73 Å². The summed E-state index contributed by atoms with van der Waals surface area (Å²) in [5.41, 5.74) is 5.72. The molecule has 0 aromatic carbocycles. The van der Waals surface area contributed by atoms with Gasteiger partial charge < -0.3 is 21.0 Å². The van der Waals surface area contributed by atoms with Gasteiger partial charge in [0.15, 0.2) is 0 Å². The summed E-state index contributed by atoms with van der Waals surface area (Å²) >= 11 is 0. The lowest BCUT2D eigenvalue weighted by molar-refractivity contribution is -0.443. The summed E-state index contributed by atoms with van der Waals surface area (Å²) in [6.45, 7) is 3.72. The Hall–Kier alpha value is -2.42. The minimum absolute atomic E-state index is 0.0587. The molecule has 1 heterocycles. The minimum atomic E-state index is -0.613. The van der Waals surface area contributed by atoms with Crippen LogP contribution < -0.4 is 5.73 Å². The molecule has 0 radical (unpaired) electrons. The highest BCUT2D eigenvalue weighted by molar-refractivity contribution is 4.99. The van der Waals surface area contributed by atoms with Crippen LogP contribution in [0.5, 0.6) is 0 Å². The summed E-state index contributed by atoms with van der Waals surface area (Å²) < 4.78 is 1.44. The molecule has 1 aromatic heterocycles. The van der Waals surface area contributed by atoms with Gasteiger partial charge in [0.25, 0.3) is 0 Å². The summed E-state index contributed by atoms with van der Waals surface area (Å²) in [6.07, 6.45) is 4.09. The normalized spacial score (nSPS) is 10.7. The Morgan fingerprint density at radius 2 is 2.50 bits per heavy atom. The molecule has 9 nitrogen and oxygen atoms in total. The molecule has 0 bridgehead atoms. The van der Waals surface area contributed by atoms with Crippen LogP contribution in [-0.2, 0) is 13.1 Å². The molecule has 0 amide bonds. The first-order chi connectivity index (χ1) is 8.58. The maximum absolute atomic E-state index is 10.6. The second kappa shape index (κ2) is 6.35. The number of rotatable bonds is 7. The van der Waals surface area contributed by atoms with E-state index in [0.29, 0.717) is 12.2 Å². The van der Waals surface area contributed by atoms with Gasteiger partial charge in [0, 0.05) is 6.20 Å². The number of aliphatic hydroxyl groups is 1. The monoisotopic (exact) mass is 254 g/mol. The van der Waals surface area contributed by atoms with Crippen LogP contribution in [0.3, 0.4) is 0 Å². The van der Waals surface area contributed by atoms with Crippen LogP contribution in [-0.4, -0.2) is 36.5 Å². The Balaban J connectivity index is 2.76. The van der Waals surface area contributed by atoms with Gasteiger partial charge in [-0.1, -0.05) is 5.21 Å². The summed E-state index contributed by atoms with van der Waals surface area (Å²) in [6, 6.07) is 0. The van der Waals surface area contributed by atoms with Crippen molar-refractivity contribution >= 4 is 0 Å². The zero-order valence-electron chi connectivity index (χ0n) is 9.64. The van der Waals surface area contributed by atoms with Crippen LogP contribution in [0.15, 0.2) is 31.0 Å². The lowest BCUT2D eigenvalue weighted by Crippen LogP contribution is -2.21. The maximum atomic E-state index is 10.6. The van der Waals surface area contributed by atoms with Crippen molar-refractivity contribution in [1.29, 1.82) is 0 Å². The molecule has 0 unspecified atom stereocenters. The number of nitrogens with zero attached hydrogens (tertiary/aromatic N) is 5. The predicted octanol–water partition coefficient (Wildman–Crippen LogP) is -0.750. The molecule has 0 aliphatic rings. The Kier molecular flexibility index (Phi) is 4.81. The number of aliphatic hydroxyl groups excluding tert-OH is 1. The number of hydrogen-bond donors (Lipinski definition) is 2. The van der Waals surface area contributed by atoms with Gasteiger partial charge in [-0.2, -0.15) is 0 Å². The average Bonchev–Trinajstić information content (AvgIpc) is 2.75. The van der Waals surface area contributed by atoms with Gasteiger partial charge in [0.05, 0.1) is 19.3 Å². The van der Waals surface area contributed by atoms with E-state index in [4.69, 9.17) is 10.8 Å². The van der Waals surface area contributed by atoms with Gasteiger partial charge in [-0.05, 0) is 11.5 Å². The maximum Gasteiger partial charge on any atom is 0.316 e. The highest BCUT2D eigenvalue weighted by atomic mass is 16.6. The van der Waals surface area contributed by atoms with Gasteiger partial charge in [0.2, 0.25) is 0 Å². The molecule has 0 atom stereocenters. The first-order valence-electron chi connectivity index (χ1n) is 5.06. The van der Waals surface area contributed by atoms with Crippen LogP contribution in [0.1, 0.15) is 5.69 Å². The van der Waals surface area contributed by atoms with Crippen LogP contribution in [0.4, 0.5) is 0 Å². The second-order valence-electron chi connectivity index (χ2n) is 3.34. The molecule has 98 valence electrons. The van der Waals surface area contributed by atoms with Gasteiger partial charge in [0.1, 0.15) is 18.4 Å². The Morgan fingerprint density at radius 3 is 3.06 bits per heavy atom. The zero-order chi connectivity index (χ0) is 13.5. The van der Waals surface area contributed by atoms with Gasteiger partial charge in [-0.15, -0.1) is 5.10 Å². The molecule has 9 heteroatoms. The molecular formula is C9H14N6O3. The predicted molar refractivity (Wildman–Crippen MR) is 62.1 cm³/mol. The smallest absolute Gasteiger partial charge is 0.316 e. The van der Waals surface area contributed by atoms with Gasteiger partial charge in [-0.3, -0.25) is 0 Å². The highest BCUT2D eigenvalue weighted by Crippen LogP contribution is 2.08. The average molecular weight is 254 g/mol. The molecule has 0 fully saturated rings. The third-order valence-electron chi connectivity index (χ3n) is 2.06. The van der Waals surface area contributed by atoms with Crippen molar-refractivity contribution in [3.05, 3.63) is 46.8 Å². The largest absolute Gasteiger partial charge is 0.402 e. The van der Waals surface area contributed by atoms with Crippen LogP contribution in [0.25, 0.3) is 0 Å². The van der Waals surface area contributed by atoms with Crippen LogP contribution in [0, 0.1) is 10.1 Å². The van der Waals surface area contributed by atoms with E-state index in [9.17, 15) is 10.1 Å². The van der Waals surface area contributed by atoms with E-state index in [0.717, 1.165) is 0 Å². The van der Waals surface area contributed by atoms with Crippen molar-refractivity contribution in [3.8, 4) is 0 Å². The van der Waals surface area contributed by atoms with Crippen molar-refractivity contribution < 1.29 is 10.0 Å². The molecule has 1 rings (SSSR count). The number of nitro groups is 1. The third-order valence-corrected chi connectivity index (χ3v) is 2.06. The number of aromatic nitrogens is 3. The minimum Gasteiger partial charge on any atom is -0.402 e. The molecule has 18 heavy (non-hydrogen) atoms. The molecule has 3 N–H and O–H groups in total. The number of hydrogen-bond acceptors (Lipinski definition) is 7. The zero-order valence-corrected chi connectivity index (χ0v) is 9.64. The quantitative estimate of drug-likeness (QED) is 0.484. The van der Waals surface area contributed by atoms with Crippen molar-refractivity contribution in [3.63, 3.8) is 0 Å². The van der Waals surface area contributed by atoms with Crippen molar-refractivity contribution in [2.75, 3.05) is 6.61 Å². The summed E-state index contributed by atoms with van der Waals surface area (Å²) in [5.74, 6) is -0.312. The van der Waals surface area contributed by atoms with E-state index < -0.39 is 4.92 Å². The summed E-state index contributed by atoms with van der Waals surface area (Å²) in [7, 11) is 0. The van der Waals surface area contributed by atoms with E-state index in [1.54, 1.807) is 6.20 Å². The first kappa shape index (κ1) is 13.6. The third kappa shape index (κ3) is 3.56. The highest BCUT2D eigenvalue weighted by Gasteiger charge is 2.18. The molecule has 0 spiro atoms. The number of nitrogens with two attached hydrogens (primary N) is 1. The SMILES string of the molecule is C=C(N(/C=C\N)Cc1cn(CCO)nn1)[N+](=O)[O-]. The molecule has 0 aliphatic heterocycles. The summed E-state index contributed by atoms with van der Waals surface area (Å²) in [5, 5.41) is 26.9.